The Labute approximate surface area is 171 Å². The SMILES string of the molecule is Cc1sc(C(=O)Nc2ccc(C#N)cc2C(=O)O)cc1S(=O)(=O)N(C)CCC#N. The molecule has 11 heteroatoms. The summed E-state index contributed by atoms with van der Waals surface area (Å²) in [6, 6.07) is 8.71. The minimum absolute atomic E-state index is 0.0110. The molecule has 1 amide bonds. The van der Waals surface area contributed by atoms with E-state index in [0.717, 1.165) is 21.7 Å². The van der Waals surface area contributed by atoms with Gasteiger partial charge in [0.15, 0.2) is 0 Å². The number of hydrogen-bond acceptors (Lipinski definition) is 7. The van der Waals surface area contributed by atoms with Crippen molar-refractivity contribution < 1.29 is 23.1 Å². The normalized spacial score (nSPS) is 10.9. The average molecular weight is 432 g/mol. The van der Waals surface area contributed by atoms with Gasteiger partial charge in [-0.15, -0.1) is 11.3 Å². The quantitative estimate of drug-likeness (QED) is 0.681. The van der Waals surface area contributed by atoms with Gasteiger partial charge in [-0.1, -0.05) is 0 Å². The number of nitriles is 2. The lowest BCUT2D eigenvalue weighted by Gasteiger charge is -2.15. The molecular formula is C18H16N4O5S2. The number of benzene rings is 1. The molecule has 1 aromatic carbocycles. The topological polar surface area (TPSA) is 151 Å². The number of aryl methyl sites for hydroxylation is 1. The molecule has 29 heavy (non-hydrogen) atoms. The van der Waals surface area contributed by atoms with Gasteiger partial charge >= 0.3 is 5.97 Å². The Hall–Kier alpha value is -3.25. The van der Waals surface area contributed by atoms with Crippen LogP contribution in [0.1, 0.15) is 36.9 Å². The van der Waals surface area contributed by atoms with Crippen LogP contribution in [0.3, 0.4) is 0 Å². The maximum Gasteiger partial charge on any atom is 0.337 e. The Morgan fingerprint density at radius 1 is 1.28 bits per heavy atom. The van der Waals surface area contributed by atoms with E-state index in [0.29, 0.717) is 4.88 Å². The third kappa shape index (κ3) is 4.78. The minimum Gasteiger partial charge on any atom is -0.478 e. The second-order valence-corrected chi connectivity index (χ2v) is 9.17. The number of carboxylic acids is 1. The molecule has 2 rings (SSSR count). The summed E-state index contributed by atoms with van der Waals surface area (Å²) >= 11 is 0.949. The molecule has 0 saturated carbocycles. The average Bonchev–Trinajstić information content (AvgIpc) is 3.08. The van der Waals surface area contributed by atoms with Crippen LogP contribution >= 0.6 is 11.3 Å². The predicted octanol–water partition coefficient (Wildman–Crippen LogP) is 2.41. The van der Waals surface area contributed by atoms with Crippen LogP contribution in [0.5, 0.6) is 0 Å². The first-order chi connectivity index (χ1) is 13.6. The molecule has 0 aliphatic heterocycles. The molecule has 0 aliphatic carbocycles. The van der Waals surface area contributed by atoms with Crippen LogP contribution in [0.2, 0.25) is 0 Å². The van der Waals surface area contributed by atoms with Gasteiger partial charge < -0.3 is 10.4 Å². The van der Waals surface area contributed by atoms with E-state index in [4.69, 9.17) is 10.5 Å². The molecule has 0 aliphatic rings. The largest absolute Gasteiger partial charge is 0.478 e. The highest BCUT2D eigenvalue weighted by Gasteiger charge is 2.26. The van der Waals surface area contributed by atoms with Gasteiger partial charge in [-0.2, -0.15) is 14.8 Å². The maximum absolute atomic E-state index is 12.7. The Kier molecular flexibility index (Phi) is 6.72. The number of hydrogen-bond donors (Lipinski definition) is 2. The van der Waals surface area contributed by atoms with E-state index in [9.17, 15) is 23.1 Å². The highest BCUT2D eigenvalue weighted by atomic mass is 32.2. The van der Waals surface area contributed by atoms with Crippen LogP contribution in [0, 0.1) is 29.6 Å². The zero-order chi connectivity index (χ0) is 21.8. The van der Waals surface area contributed by atoms with Crippen molar-refractivity contribution in [1.29, 1.82) is 10.5 Å². The van der Waals surface area contributed by atoms with Crippen molar-refractivity contribution in [3.63, 3.8) is 0 Å². The van der Waals surface area contributed by atoms with Crippen molar-refractivity contribution in [1.82, 2.24) is 4.31 Å². The second kappa shape index (κ2) is 8.84. The molecule has 0 spiro atoms. The van der Waals surface area contributed by atoms with E-state index in [1.54, 1.807) is 6.92 Å². The summed E-state index contributed by atoms with van der Waals surface area (Å²) in [6.07, 6.45) is 0.0307. The lowest BCUT2D eigenvalue weighted by molar-refractivity contribution is 0.0698. The van der Waals surface area contributed by atoms with E-state index < -0.39 is 21.9 Å². The first kappa shape index (κ1) is 22.0. The summed E-state index contributed by atoms with van der Waals surface area (Å²) in [5.41, 5.74) is -0.140. The Morgan fingerprint density at radius 3 is 2.55 bits per heavy atom. The van der Waals surface area contributed by atoms with Gasteiger partial charge in [-0.25, -0.2) is 13.2 Å². The zero-order valence-electron chi connectivity index (χ0n) is 15.5. The fraction of sp³-hybridized carbons (Fsp3) is 0.222. The minimum atomic E-state index is -3.88. The van der Waals surface area contributed by atoms with E-state index in [2.05, 4.69) is 5.32 Å². The fourth-order valence-corrected chi connectivity index (χ4v) is 5.04. The van der Waals surface area contributed by atoms with Gasteiger partial charge in [-0.05, 0) is 31.2 Å². The molecule has 150 valence electrons. The highest BCUT2D eigenvalue weighted by Crippen LogP contribution is 2.29. The number of anilines is 1. The number of carbonyl (C=O) groups excluding carboxylic acids is 1. The Bertz CT molecular complexity index is 1160. The number of rotatable bonds is 7. The predicted molar refractivity (Wildman–Crippen MR) is 105 cm³/mol. The summed E-state index contributed by atoms with van der Waals surface area (Å²) in [4.78, 5) is 24.4. The lowest BCUT2D eigenvalue weighted by atomic mass is 10.1. The molecule has 0 atom stereocenters. The number of nitrogens with one attached hydrogen (secondary N) is 1. The van der Waals surface area contributed by atoms with Gasteiger partial charge in [0.25, 0.3) is 5.91 Å². The molecule has 2 N–H and O–H groups in total. The summed E-state index contributed by atoms with van der Waals surface area (Å²) in [5, 5.41) is 29.3. The van der Waals surface area contributed by atoms with Crippen molar-refractivity contribution in [3.8, 4) is 12.1 Å². The van der Waals surface area contributed by atoms with Crippen LogP contribution in [0.15, 0.2) is 29.2 Å². The highest BCUT2D eigenvalue weighted by molar-refractivity contribution is 7.89. The van der Waals surface area contributed by atoms with Crippen LogP contribution in [-0.2, 0) is 10.0 Å². The number of carboxylic acid groups (broad SMARTS) is 1. The first-order valence-corrected chi connectivity index (χ1v) is 10.4. The van der Waals surface area contributed by atoms with Crippen LogP contribution < -0.4 is 5.32 Å². The van der Waals surface area contributed by atoms with E-state index in [1.807, 2.05) is 12.1 Å². The summed E-state index contributed by atoms with van der Waals surface area (Å²) in [5.74, 6) is -1.99. The van der Waals surface area contributed by atoms with E-state index in [-0.39, 0.29) is 39.6 Å². The van der Waals surface area contributed by atoms with Crippen molar-refractivity contribution in [2.24, 2.45) is 0 Å². The lowest BCUT2D eigenvalue weighted by Crippen LogP contribution is -2.28. The Morgan fingerprint density at radius 2 is 1.97 bits per heavy atom. The Balaban J connectivity index is 2.33. The molecule has 1 heterocycles. The van der Waals surface area contributed by atoms with Gasteiger partial charge in [0.1, 0.15) is 0 Å². The third-order valence-electron chi connectivity index (χ3n) is 3.95. The summed E-state index contributed by atoms with van der Waals surface area (Å²) in [7, 11) is -2.53. The number of sulfonamides is 1. The summed E-state index contributed by atoms with van der Waals surface area (Å²) in [6.45, 7) is 1.57. The molecule has 0 saturated heterocycles. The standard InChI is InChI=1S/C18H16N4O5S2/c1-11-16(29(26,27)22(2)7-3-6-19)9-15(28-11)17(23)21-14-5-4-12(10-20)8-13(14)18(24)25/h4-5,8-9H,3,7H2,1-2H3,(H,21,23)(H,24,25). The first-order valence-electron chi connectivity index (χ1n) is 8.14. The van der Waals surface area contributed by atoms with Gasteiger partial charge in [0, 0.05) is 24.9 Å². The van der Waals surface area contributed by atoms with E-state index >= 15 is 0 Å². The van der Waals surface area contributed by atoms with Crippen LogP contribution in [-0.4, -0.2) is 43.3 Å². The molecule has 0 fully saturated rings. The molecule has 0 bridgehead atoms. The van der Waals surface area contributed by atoms with E-state index in [1.165, 1.54) is 25.2 Å². The smallest absolute Gasteiger partial charge is 0.337 e. The number of carbonyl (C=O) groups is 2. The second-order valence-electron chi connectivity index (χ2n) is 5.90. The van der Waals surface area contributed by atoms with Crippen LogP contribution in [0.25, 0.3) is 0 Å². The molecule has 1 aromatic heterocycles. The zero-order valence-corrected chi connectivity index (χ0v) is 17.1. The fourth-order valence-electron chi connectivity index (χ4n) is 2.41. The number of thiophene rings is 1. The van der Waals surface area contributed by atoms with Gasteiger partial charge in [-0.3, -0.25) is 4.79 Å². The molecular weight excluding hydrogens is 416 g/mol. The van der Waals surface area contributed by atoms with Crippen molar-refractivity contribution in [2.75, 3.05) is 18.9 Å². The van der Waals surface area contributed by atoms with Gasteiger partial charge in [0.05, 0.1) is 38.7 Å². The van der Waals surface area contributed by atoms with Crippen LogP contribution in [0.4, 0.5) is 5.69 Å². The number of nitrogens with zero attached hydrogens (tertiary/aromatic N) is 3. The summed E-state index contributed by atoms with van der Waals surface area (Å²) < 4.78 is 26.3. The van der Waals surface area contributed by atoms with Crippen molar-refractivity contribution in [3.05, 3.63) is 45.1 Å². The molecule has 0 unspecified atom stereocenters. The molecule has 2 aromatic rings. The van der Waals surface area contributed by atoms with Gasteiger partial charge in [0.2, 0.25) is 10.0 Å². The molecule has 9 nitrogen and oxygen atoms in total. The monoisotopic (exact) mass is 432 g/mol. The number of aromatic carboxylic acids is 1. The molecule has 0 radical (unpaired) electrons. The number of amides is 1. The third-order valence-corrected chi connectivity index (χ3v) is 7.11. The van der Waals surface area contributed by atoms with Crippen molar-refractivity contribution in [2.45, 2.75) is 18.2 Å². The van der Waals surface area contributed by atoms with Crippen molar-refractivity contribution >= 4 is 38.9 Å². The maximum atomic E-state index is 12.7.